The first-order chi connectivity index (χ1) is 10.6. The van der Waals surface area contributed by atoms with Gasteiger partial charge in [-0.05, 0) is 43.3 Å². The third kappa shape index (κ3) is 3.36. The quantitative estimate of drug-likeness (QED) is 0.930. The molecule has 0 bridgehead atoms. The van der Waals surface area contributed by atoms with Gasteiger partial charge in [-0.25, -0.2) is 8.78 Å². The Balaban J connectivity index is 1.89. The van der Waals surface area contributed by atoms with E-state index in [0.29, 0.717) is 10.7 Å². The van der Waals surface area contributed by atoms with E-state index < -0.39 is 17.7 Å². The molecule has 1 fully saturated rings. The van der Waals surface area contributed by atoms with Crippen LogP contribution in [0.2, 0.25) is 5.02 Å². The van der Waals surface area contributed by atoms with Crippen LogP contribution in [-0.4, -0.2) is 18.1 Å². The Labute approximate surface area is 132 Å². The Morgan fingerprint density at radius 3 is 2.77 bits per heavy atom. The molecule has 0 aliphatic carbocycles. The maximum atomic E-state index is 14.0. The van der Waals surface area contributed by atoms with Crippen molar-refractivity contribution < 1.29 is 13.5 Å². The molecule has 2 atom stereocenters. The van der Waals surface area contributed by atoms with Crippen LogP contribution in [0.5, 0.6) is 5.75 Å². The van der Waals surface area contributed by atoms with Crippen molar-refractivity contribution in [2.75, 3.05) is 13.1 Å². The van der Waals surface area contributed by atoms with Gasteiger partial charge in [-0.1, -0.05) is 11.6 Å². The van der Waals surface area contributed by atoms with Crippen molar-refractivity contribution in [2.24, 2.45) is 5.92 Å². The Morgan fingerprint density at radius 2 is 2.14 bits per heavy atom. The predicted molar refractivity (Wildman–Crippen MR) is 80.0 cm³/mol. The molecule has 116 valence electrons. The van der Waals surface area contributed by atoms with Gasteiger partial charge in [0.25, 0.3) is 0 Å². The van der Waals surface area contributed by atoms with Crippen LogP contribution in [-0.2, 0) is 0 Å². The molecule has 0 saturated carbocycles. The number of hydrogen-bond acceptors (Lipinski definition) is 3. The summed E-state index contributed by atoms with van der Waals surface area (Å²) in [6.07, 6.45) is 1.59. The lowest BCUT2D eigenvalue weighted by Gasteiger charge is -2.24. The summed E-state index contributed by atoms with van der Waals surface area (Å²) < 4.78 is 32.9. The highest BCUT2D eigenvalue weighted by molar-refractivity contribution is 6.30. The molecular formula is C16H15ClF2N2O. The topological polar surface area (TPSA) is 34.1 Å². The zero-order valence-corrected chi connectivity index (χ0v) is 12.5. The number of ether oxygens (including phenoxy) is 1. The van der Waals surface area contributed by atoms with Gasteiger partial charge in [0.2, 0.25) is 0 Å². The third-order valence-electron chi connectivity index (χ3n) is 3.72. The Morgan fingerprint density at radius 1 is 1.27 bits per heavy atom. The fourth-order valence-corrected chi connectivity index (χ4v) is 2.76. The average molecular weight is 325 g/mol. The summed E-state index contributed by atoms with van der Waals surface area (Å²) in [7, 11) is 0. The molecule has 1 aliphatic rings. The number of nitrogens with one attached hydrogen (secondary N) is 1. The van der Waals surface area contributed by atoms with E-state index in [1.807, 2.05) is 0 Å². The standard InChI is InChI=1S/C16H15ClF2N2O/c17-11-1-4-15(13(19)7-11)22-16(10-5-6-20-8-10)14-3-2-12(18)9-21-14/h1-4,7,9-10,16,20H,5-6,8H2/t10-,16+/m1/s1. The maximum Gasteiger partial charge on any atom is 0.166 e. The first kappa shape index (κ1) is 15.2. The van der Waals surface area contributed by atoms with E-state index in [4.69, 9.17) is 16.3 Å². The molecule has 3 rings (SSSR count). The van der Waals surface area contributed by atoms with Crippen molar-refractivity contribution in [2.45, 2.75) is 12.5 Å². The minimum atomic E-state index is -0.523. The predicted octanol–water partition coefficient (Wildman–Crippen LogP) is 3.74. The monoisotopic (exact) mass is 324 g/mol. The molecule has 0 spiro atoms. The van der Waals surface area contributed by atoms with E-state index in [-0.39, 0.29) is 11.7 Å². The van der Waals surface area contributed by atoms with Crippen LogP contribution in [0.25, 0.3) is 0 Å². The third-order valence-corrected chi connectivity index (χ3v) is 3.95. The van der Waals surface area contributed by atoms with Gasteiger partial charge < -0.3 is 10.1 Å². The molecule has 22 heavy (non-hydrogen) atoms. The molecule has 1 aliphatic heterocycles. The van der Waals surface area contributed by atoms with Crippen molar-refractivity contribution in [1.29, 1.82) is 0 Å². The number of hydrogen-bond donors (Lipinski definition) is 1. The zero-order valence-electron chi connectivity index (χ0n) is 11.7. The second kappa shape index (κ2) is 6.58. The summed E-state index contributed by atoms with van der Waals surface area (Å²) in [5.41, 5.74) is 0.587. The van der Waals surface area contributed by atoms with Crippen LogP contribution in [0.1, 0.15) is 18.2 Å². The molecule has 1 aromatic carbocycles. The van der Waals surface area contributed by atoms with Crippen molar-refractivity contribution in [3.63, 3.8) is 0 Å². The highest BCUT2D eigenvalue weighted by Crippen LogP contribution is 2.33. The van der Waals surface area contributed by atoms with Gasteiger partial charge in [0.05, 0.1) is 11.9 Å². The Bertz CT molecular complexity index is 645. The zero-order chi connectivity index (χ0) is 15.5. The number of aromatic nitrogens is 1. The largest absolute Gasteiger partial charge is 0.481 e. The molecule has 2 aromatic rings. The highest BCUT2D eigenvalue weighted by Gasteiger charge is 2.29. The minimum Gasteiger partial charge on any atom is -0.481 e. The van der Waals surface area contributed by atoms with E-state index in [9.17, 15) is 8.78 Å². The van der Waals surface area contributed by atoms with Crippen molar-refractivity contribution in [1.82, 2.24) is 10.3 Å². The summed E-state index contributed by atoms with van der Waals surface area (Å²) in [6.45, 7) is 1.62. The summed E-state index contributed by atoms with van der Waals surface area (Å²) >= 11 is 5.76. The molecule has 0 amide bonds. The van der Waals surface area contributed by atoms with E-state index in [1.165, 1.54) is 18.2 Å². The van der Waals surface area contributed by atoms with Gasteiger partial charge in [0.1, 0.15) is 11.9 Å². The van der Waals surface area contributed by atoms with Crippen molar-refractivity contribution >= 4 is 11.6 Å². The van der Waals surface area contributed by atoms with E-state index in [2.05, 4.69) is 10.3 Å². The van der Waals surface area contributed by atoms with Crippen LogP contribution in [0.3, 0.4) is 0 Å². The fourth-order valence-electron chi connectivity index (χ4n) is 2.60. The molecule has 0 unspecified atom stereocenters. The Kier molecular flexibility index (Phi) is 4.55. The van der Waals surface area contributed by atoms with Crippen LogP contribution >= 0.6 is 11.6 Å². The number of halogens is 3. The number of nitrogens with zero attached hydrogens (tertiary/aromatic N) is 1. The molecule has 3 nitrogen and oxygen atoms in total. The lowest BCUT2D eigenvalue weighted by Crippen LogP contribution is -2.22. The van der Waals surface area contributed by atoms with Crippen LogP contribution < -0.4 is 10.1 Å². The minimum absolute atomic E-state index is 0.118. The number of rotatable bonds is 4. The van der Waals surface area contributed by atoms with E-state index in [1.54, 1.807) is 12.1 Å². The summed E-state index contributed by atoms with van der Waals surface area (Å²) in [5, 5.41) is 3.56. The van der Waals surface area contributed by atoms with Gasteiger partial charge in [0, 0.05) is 17.5 Å². The second-order valence-corrected chi connectivity index (χ2v) is 5.70. The van der Waals surface area contributed by atoms with E-state index >= 15 is 0 Å². The maximum absolute atomic E-state index is 14.0. The summed E-state index contributed by atoms with van der Waals surface area (Å²) in [6, 6.07) is 7.18. The second-order valence-electron chi connectivity index (χ2n) is 5.27. The van der Waals surface area contributed by atoms with Crippen LogP contribution in [0.15, 0.2) is 36.5 Å². The van der Waals surface area contributed by atoms with Gasteiger partial charge >= 0.3 is 0 Å². The lowest BCUT2D eigenvalue weighted by molar-refractivity contribution is 0.134. The smallest absolute Gasteiger partial charge is 0.166 e. The van der Waals surface area contributed by atoms with Gasteiger partial charge in [-0.15, -0.1) is 0 Å². The first-order valence-electron chi connectivity index (χ1n) is 7.07. The highest BCUT2D eigenvalue weighted by atomic mass is 35.5. The molecule has 1 aromatic heterocycles. The number of pyridine rings is 1. The normalized spacial score (nSPS) is 19.1. The first-order valence-corrected chi connectivity index (χ1v) is 7.45. The molecule has 0 radical (unpaired) electrons. The molecule has 1 N–H and O–H groups in total. The fraction of sp³-hybridized carbons (Fsp3) is 0.312. The summed E-state index contributed by atoms with van der Waals surface area (Å²) in [5.74, 6) is -0.671. The Hall–Kier alpha value is -1.72. The van der Waals surface area contributed by atoms with Crippen LogP contribution in [0, 0.1) is 17.6 Å². The van der Waals surface area contributed by atoms with Gasteiger partial charge in [0.15, 0.2) is 11.6 Å². The SMILES string of the molecule is Fc1ccc([C@@H](Oc2ccc(Cl)cc2F)[C@@H]2CCNC2)nc1. The molecule has 6 heteroatoms. The number of benzene rings is 1. The van der Waals surface area contributed by atoms with Gasteiger partial charge in [-0.2, -0.15) is 0 Å². The molecular weight excluding hydrogens is 310 g/mol. The van der Waals surface area contributed by atoms with Crippen LogP contribution in [0.4, 0.5) is 8.78 Å². The van der Waals surface area contributed by atoms with Crippen molar-refractivity contribution in [3.05, 3.63) is 58.9 Å². The molecule has 2 heterocycles. The summed E-state index contributed by atoms with van der Waals surface area (Å²) in [4.78, 5) is 4.09. The van der Waals surface area contributed by atoms with Crippen molar-refractivity contribution in [3.8, 4) is 5.75 Å². The van der Waals surface area contributed by atoms with Gasteiger partial charge in [-0.3, -0.25) is 4.98 Å². The molecule has 1 saturated heterocycles. The van der Waals surface area contributed by atoms with E-state index in [0.717, 1.165) is 25.7 Å². The lowest BCUT2D eigenvalue weighted by atomic mass is 9.98. The average Bonchev–Trinajstić information content (AvgIpc) is 3.02.